The Morgan fingerprint density at radius 1 is 1.20 bits per heavy atom. The molecule has 7 heteroatoms. The minimum atomic E-state index is -0.609. The molecule has 2 aliphatic rings. The maximum Gasteiger partial charge on any atom is 0.259 e. The summed E-state index contributed by atoms with van der Waals surface area (Å²) < 4.78 is 16.1. The molecule has 2 fully saturated rings. The van der Waals surface area contributed by atoms with Crippen LogP contribution < -0.4 is 14.9 Å². The fourth-order valence-corrected chi connectivity index (χ4v) is 4.54. The molecule has 5 nitrogen and oxygen atoms in total. The Morgan fingerprint density at radius 2 is 1.97 bits per heavy atom. The van der Waals surface area contributed by atoms with Gasteiger partial charge in [0.25, 0.3) is 5.91 Å². The molecule has 1 aliphatic heterocycles. The molecular weight excluding hydrogens is 399 g/mol. The van der Waals surface area contributed by atoms with Crippen molar-refractivity contribution >= 4 is 29.4 Å². The highest BCUT2D eigenvalue weighted by molar-refractivity contribution is 7.97. The van der Waals surface area contributed by atoms with Crippen LogP contribution in [0.4, 0.5) is 15.9 Å². The van der Waals surface area contributed by atoms with Gasteiger partial charge in [0.15, 0.2) is 0 Å². The van der Waals surface area contributed by atoms with Gasteiger partial charge in [-0.05, 0) is 87.2 Å². The number of piperidine rings is 1. The molecule has 1 amide bonds. The highest BCUT2D eigenvalue weighted by atomic mass is 32.2. The highest BCUT2D eigenvalue weighted by Crippen LogP contribution is 2.53. The molecule has 1 aromatic carbocycles. The van der Waals surface area contributed by atoms with Crippen LogP contribution in [0.3, 0.4) is 0 Å². The van der Waals surface area contributed by atoms with Crippen LogP contribution in [-0.2, 0) is 0 Å². The SMILES string of the molecule is CC(C)(CF)NSc1cccc(NC(=O)c2cccnc2N2CCC3(CC2)CC3)c1. The molecule has 160 valence electrons. The number of nitrogens with zero attached hydrogens (tertiary/aromatic N) is 2. The molecule has 1 saturated heterocycles. The van der Waals surface area contributed by atoms with Crippen molar-refractivity contribution in [3.8, 4) is 0 Å². The van der Waals surface area contributed by atoms with Crippen molar-refractivity contribution in [1.82, 2.24) is 9.71 Å². The quantitative estimate of drug-likeness (QED) is 0.604. The average molecular weight is 429 g/mol. The number of hydrogen-bond acceptors (Lipinski definition) is 5. The van der Waals surface area contributed by atoms with Crippen molar-refractivity contribution in [1.29, 1.82) is 0 Å². The summed E-state index contributed by atoms with van der Waals surface area (Å²) in [5, 5.41) is 3.00. The van der Waals surface area contributed by atoms with E-state index in [0.717, 1.165) is 23.8 Å². The lowest BCUT2D eigenvalue weighted by atomic mass is 9.93. The Balaban J connectivity index is 1.44. The van der Waals surface area contributed by atoms with Crippen LogP contribution in [-0.4, -0.2) is 36.2 Å². The molecule has 2 heterocycles. The van der Waals surface area contributed by atoms with Gasteiger partial charge in [-0.2, -0.15) is 0 Å². The number of alkyl halides is 1. The molecule has 0 radical (unpaired) electrons. The first-order valence-electron chi connectivity index (χ1n) is 10.5. The maximum absolute atomic E-state index is 13.0. The standard InChI is InChI=1S/C23H29FN4OS/c1-22(2,16-24)27-30-18-6-3-5-17(15-18)26-21(29)19-7-4-12-25-20(19)28-13-10-23(8-9-23)11-14-28/h3-7,12,15,27H,8-11,13-14,16H2,1-2H3,(H,26,29). The smallest absolute Gasteiger partial charge is 0.259 e. The first kappa shape index (κ1) is 21.1. The van der Waals surface area contributed by atoms with Crippen LogP contribution in [0.1, 0.15) is 49.9 Å². The first-order chi connectivity index (χ1) is 14.4. The number of benzene rings is 1. The number of carbonyl (C=O) groups excluding carboxylic acids is 1. The molecule has 0 unspecified atom stereocenters. The van der Waals surface area contributed by atoms with Crippen LogP contribution in [0, 0.1) is 5.41 Å². The highest BCUT2D eigenvalue weighted by Gasteiger charge is 2.44. The monoisotopic (exact) mass is 428 g/mol. The Bertz CT molecular complexity index is 906. The van der Waals surface area contributed by atoms with Crippen LogP contribution in [0.2, 0.25) is 0 Å². The van der Waals surface area contributed by atoms with Gasteiger partial charge in [0.05, 0.1) is 11.1 Å². The third-order valence-electron chi connectivity index (χ3n) is 5.98. The fraction of sp³-hybridized carbons (Fsp3) is 0.478. The zero-order valence-electron chi connectivity index (χ0n) is 17.6. The summed E-state index contributed by atoms with van der Waals surface area (Å²) in [5.74, 6) is 0.603. The van der Waals surface area contributed by atoms with Gasteiger partial charge < -0.3 is 10.2 Å². The lowest BCUT2D eigenvalue weighted by Gasteiger charge is -2.33. The number of aromatic nitrogens is 1. The maximum atomic E-state index is 13.0. The minimum absolute atomic E-state index is 0.163. The molecule has 30 heavy (non-hydrogen) atoms. The van der Waals surface area contributed by atoms with Gasteiger partial charge in [0.1, 0.15) is 12.5 Å². The van der Waals surface area contributed by atoms with Crippen molar-refractivity contribution in [3.05, 3.63) is 48.2 Å². The van der Waals surface area contributed by atoms with Gasteiger partial charge in [-0.1, -0.05) is 6.07 Å². The Morgan fingerprint density at radius 3 is 2.67 bits per heavy atom. The van der Waals surface area contributed by atoms with Crippen molar-refractivity contribution in [2.75, 3.05) is 30.0 Å². The van der Waals surface area contributed by atoms with Gasteiger partial charge in [-0.15, -0.1) is 0 Å². The summed E-state index contributed by atoms with van der Waals surface area (Å²) in [5.41, 5.74) is 1.27. The summed E-state index contributed by atoms with van der Waals surface area (Å²) in [6.45, 7) is 5.07. The number of pyridine rings is 1. The number of rotatable bonds is 7. The van der Waals surface area contributed by atoms with Crippen LogP contribution in [0.15, 0.2) is 47.5 Å². The van der Waals surface area contributed by atoms with E-state index in [4.69, 9.17) is 0 Å². The van der Waals surface area contributed by atoms with Crippen molar-refractivity contribution in [2.45, 2.75) is 50.0 Å². The second-order valence-corrected chi connectivity index (χ2v) is 9.94. The number of carbonyl (C=O) groups is 1. The molecule has 2 aromatic rings. The van der Waals surface area contributed by atoms with E-state index in [1.807, 2.05) is 30.3 Å². The predicted octanol–water partition coefficient (Wildman–Crippen LogP) is 5.06. The van der Waals surface area contributed by atoms with Crippen molar-refractivity contribution < 1.29 is 9.18 Å². The van der Waals surface area contributed by atoms with E-state index in [9.17, 15) is 9.18 Å². The van der Waals surface area contributed by atoms with Crippen LogP contribution in [0.25, 0.3) is 0 Å². The number of hydrogen-bond donors (Lipinski definition) is 2. The van der Waals surface area contributed by atoms with E-state index in [-0.39, 0.29) is 5.91 Å². The summed E-state index contributed by atoms with van der Waals surface area (Å²) in [4.78, 5) is 20.7. The van der Waals surface area contributed by atoms with Crippen molar-refractivity contribution in [2.24, 2.45) is 5.41 Å². The van der Waals surface area contributed by atoms with Crippen molar-refractivity contribution in [3.63, 3.8) is 0 Å². The lowest BCUT2D eigenvalue weighted by Crippen LogP contribution is -2.36. The van der Waals surface area contributed by atoms with Gasteiger partial charge in [0, 0.05) is 29.9 Å². The summed E-state index contributed by atoms with van der Waals surface area (Å²) >= 11 is 1.36. The van der Waals surface area contributed by atoms with E-state index < -0.39 is 12.2 Å². The Hall–Kier alpha value is -2.12. The predicted molar refractivity (Wildman–Crippen MR) is 121 cm³/mol. The van der Waals surface area contributed by atoms with Crippen LogP contribution >= 0.6 is 11.9 Å². The molecule has 1 aromatic heterocycles. The van der Waals surface area contributed by atoms with Gasteiger partial charge >= 0.3 is 0 Å². The second kappa shape index (κ2) is 8.55. The zero-order chi connectivity index (χ0) is 21.2. The Labute approximate surface area is 182 Å². The number of amides is 1. The molecule has 1 aliphatic carbocycles. The molecular formula is C23H29FN4OS. The van der Waals surface area contributed by atoms with E-state index in [1.54, 1.807) is 26.1 Å². The average Bonchev–Trinajstić information content (AvgIpc) is 3.52. The largest absolute Gasteiger partial charge is 0.356 e. The molecule has 2 N–H and O–H groups in total. The topological polar surface area (TPSA) is 57.3 Å². The molecule has 1 saturated carbocycles. The first-order valence-corrected chi connectivity index (χ1v) is 11.3. The third kappa shape index (κ3) is 4.95. The van der Waals surface area contributed by atoms with Gasteiger partial charge in [-0.25, -0.2) is 9.37 Å². The molecule has 0 atom stereocenters. The number of halogens is 1. The Kier molecular flexibility index (Phi) is 6.02. The summed E-state index contributed by atoms with van der Waals surface area (Å²) in [7, 11) is 0. The normalized spacial score (nSPS) is 17.8. The lowest BCUT2D eigenvalue weighted by molar-refractivity contribution is 0.102. The molecule has 4 rings (SSSR count). The van der Waals surface area contributed by atoms with E-state index in [0.29, 0.717) is 16.7 Å². The van der Waals surface area contributed by atoms with Gasteiger partial charge in [0.2, 0.25) is 0 Å². The number of nitrogens with one attached hydrogen (secondary N) is 2. The van der Waals surface area contributed by atoms with E-state index in [2.05, 4.69) is 19.9 Å². The van der Waals surface area contributed by atoms with E-state index >= 15 is 0 Å². The third-order valence-corrected chi connectivity index (χ3v) is 7.13. The number of anilines is 2. The molecule has 1 spiro atoms. The summed E-state index contributed by atoms with van der Waals surface area (Å²) in [6.07, 6.45) is 6.83. The van der Waals surface area contributed by atoms with E-state index in [1.165, 1.54) is 37.6 Å². The second-order valence-electron chi connectivity index (χ2n) is 9.07. The van der Waals surface area contributed by atoms with Gasteiger partial charge in [-0.3, -0.25) is 9.52 Å². The zero-order valence-corrected chi connectivity index (χ0v) is 18.4. The van der Waals surface area contributed by atoms with Crippen LogP contribution in [0.5, 0.6) is 0 Å². The summed E-state index contributed by atoms with van der Waals surface area (Å²) in [6, 6.07) is 11.2. The minimum Gasteiger partial charge on any atom is -0.356 e. The fourth-order valence-electron chi connectivity index (χ4n) is 3.76. The molecule has 0 bridgehead atoms.